The van der Waals surface area contributed by atoms with Gasteiger partial charge in [0.15, 0.2) is 0 Å². The zero-order valence-corrected chi connectivity index (χ0v) is 12.8. The number of benzene rings is 1. The molecule has 23 heavy (non-hydrogen) atoms. The summed E-state index contributed by atoms with van der Waals surface area (Å²) in [6, 6.07) is 8.05. The number of aromatic amines is 1. The number of rotatable bonds is 4. The van der Waals surface area contributed by atoms with Crippen molar-refractivity contribution in [2.75, 3.05) is 24.1 Å². The van der Waals surface area contributed by atoms with E-state index in [1.165, 1.54) is 5.56 Å². The van der Waals surface area contributed by atoms with Crippen LogP contribution in [0.4, 0.5) is 11.8 Å². The predicted octanol–water partition coefficient (Wildman–Crippen LogP) is 1.24. The van der Waals surface area contributed by atoms with Crippen molar-refractivity contribution in [1.82, 2.24) is 25.3 Å². The molecule has 0 amide bonds. The van der Waals surface area contributed by atoms with Crippen molar-refractivity contribution in [3.05, 3.63) is 41.3 Å². The van der Waals surface area contributed by atoms with Crippen LogP contribution >= 0.6 is 0 Å². The predicted molar refractivity (Wildman–Crippen MR) is 90.1 cm³/mol. The molecule has 0 fully saturated rings. The summed E-state index contributed by atoms with van der Waals surface area (Å²) in [7, 11) is 0. The lowest BCUT2D eigenvalue weighted by molar-refractivity contribution is 0.625. The lowest BCUT2D eigenvalue weighted by Crippen LogP contribution is -2.27. The lowest BCUT2D eigenvalue weighted by atomic mass is 10.1. The summed E-state index contributed by atoms with van der Waals surface area (Å²) in [6.45, 7) is 2.44. The highest BCUT2D eigenvalue weighted by atomic mass is 15.1. The molecule has 3 heterocycles. The average molecular weight is 309 g/mol. The highest BCUT2D eigenvalue weighted by Gasteiger charge is 2.16. The SMILES string of the molecule is Nc1nc2c(c(NCCc3nc4ccccc4[nH]3)n1)CCNC2. The van der Waals surface area contributed by atoms with Gasteiger partial charge in [-0.2, -0.15) is 4.98 Å². The van der Waals surface area contributed by atoms with Gasteiger partial charge in [-0.1, -0.05) is 12.1 Å². The fourth-order valence-electron chi connectivity index (χ4n) is 2.95. The van der Waals surface area contributed by atoms with E-state index in [1.807, 2.05) is 24.3 Å². The van der Waals surface area contributed by atoms with E-state index in [2.05, 4.69) is 30.6 Å². The summed E-state index contributed by atoms with van der Waals surface area (Å²) in [5.41, 5.74) is 10.0. The van der Waals surface area contributed by atoms with Gasteiger partial charge in [0, 0.05) is 25.1 Å². The van der Waals surface area contributed by atoms with Crippen LogP contribution < -0.4 is 16.4 Å². The van der Waals surface area contributed by atoms with E-state index in [0.29, 0.717) is 5.95 Å². The topological polar surface area (TPSA) is 105 Å². The van der Waals surface area contributed by atoms with Crippen molar-refractivity contribution in [3.8, 4) is 0 Å². The summed E-state index contributed by atoms with van der Waals surface area (Å²) in [5, 5.41) is 6.69. The minimum atomic E-state index is 0.318. The molecule has 0 saturated carbocycles. The van der Waals surface area contributed by atoms with Crippen LogP contribution in [-0.2, 0) is 19.4 Å². The third kappa shape index (κ3) is 2.83. The van der Waals surface area contributed by atoms with Crippen LogP contribution in [0, 0.1) is 0 Å². The molecule has 0 bridgehead atoms. The van der Waals surface area contributed by atoms with E-state index in [9.17, 15) is 0 Å². The molecule has 1 aliphatic rings. The standard InChI is InChI=1S/C16H19N7/c17-16-22-13-9-18-7-5-10(13)15(23-16)19-8-6-14-20-11-3-1-2-4-12(11)21-14/h1-4,18H,5-9H2,(H,20,21)(H3,17,19,22,23). The van der Waals surface area contributed by atoms with Gasteiger partial charge in [0.1, 0.15) is 11.6 Å². The van der Waals surface area contributed by atoms with Crippen LogP contribution in [0.3, 0.4) is 0 Å². The Hall–Kier alpha value is -2.67. The van der Waals surface area contributed by atoms with Crippen molar-refractivity contribution in [2.45, 2.75) is 19.4 Å². The smallest absolute Gasteiger partial charge is 0.222 e. The van der Waals surface area contributed by atoms with Crippen LogP contribution in [0.25, 0.3) is 11.0 Å². The third-order valence-electron chi connectivity index (χ3n) is 4.05. The monoisotopic (exact) mass is 309 g/mol. The molecule has 0 spiro atoms. The van der Waals surface area contributed by atoms with Crippen LogP contribution in [0.1, 0.15) is 17.1 Å². The minimum absolute atomic E-state index is 0.318. The maximum absolute atomic E-state index is 5.81. The largest absolute Gasteiger partial charge is 0.369 e. The van der Waals surface area contributed by atoms with E-state index in [4.69, 9.17) is 5.73 Å². The van der Waals surface area contributed by atoms with Crippen LogP contribution in [0.15, 0.2) is 24.3 Å². The second kappa shape index (κ2) is 5.85. The Morgan fingerprint density at radius 2 is 2.09 bits per heavy atom. The summed E-state index contributed by atoms with van der Waals surface area (Å²) in [4.78, 5) is 16.6. The average Bonchev–Trinajstić information content (AvgIpc) is 2.97. The van der Waals surface area contributed by atoms with E-state index in [1.54, 1.807) is 0 Å². The number of nitrogens with zero attached hydrogens (tertiary/aromatic N) is 3. The molecule has 0 radical (unpaired) electrons. The Morgan fingerprint density at radius 3 is 3.00 bits per heavy atom. The highest BCUT2D eigenvalue weighted by molar-refractivity contribution is 5.74. The summed E-state index contributed by atoms with van der Waals surface area (Å²) in [5.74, 6) is 2.14. The molecule has 0 unspecified atom stereocenters. The number of para-hydroxylation sites is 2. The van der Waals surface area contributed by atoms with E-state index in [-0.39, 0.29) is 0 Å². The zero-order valence-electron chi connectivity index (χ0n) is 12.8. The molecule has 0 aliphatic carbocycles. The summed E-state index contributed by atoms with van der Waals surface area (Å²) in [6.07, 6.45) is 1.72. The lowest BCUT2D eigenvalue weighted by Gasteiger charge is -2.19. The van der Waals surface area contributed by atoms with E-state index < -0.39 is 0 Å². The highest BCUT2D eigenvalue weighted by Crippen LogP contribution is 2.21. The Kier molecular flexibility index (Phi) is 3.55. The number of nitrogens with two attached hydrogens (primary N) is 1. The quantitative estimate of drug-likeness (QED) is 0.578. The molecule has 5 N–H and O–H groups in total. The molecular formula is C16H19N7. The molecule has 7 heteroatoms. The molecule has 0 atom stereocenters. The molecular weight excluding hydrogens is 290 g/mol. The maximum atomic E-state index is 5.81. The van der Waals surface area contributed by atoms with Gasteiger partial charge < -0.3 is 21.4 Å². The number of hydrogen-bond donors (Lipinski definition) is 4. The van der Waals surface area contributed by atoms with Crippen molar-refractivity contribution in [2.24, 2.45) is 0 Å². The number of aromatic nitrogens is 4. The fourth-order valence-corrected chi connectivity index (χ4v) is 2.95. The van der Waals surface area contributed by atoms with Crippen LogP contribution in [-0.4, -0.2) is 33.0 Å². The first-order valence-corrected chi connectivity index (χ1v) is 7.83. The van der Waals surface area contributed by atoms with Gasteiger partial charge in [0.05, 0.1) is 16.7 Å². The van der Waals surface area contributed by atoms with Crippen molar-refractivity contribution in [1.29, 1.82) is 0 Å². The first kappa shape index (κ1) is 14.0. The number of fused-ring (bicyclic) bond motifs is 2. The number of anilines is 2. The zero-order chi connectivity index (χ0) is 15.6. The van der Waals surface area contributed by atoms with Gasteiger partial charge in [0.2, 0.25) is 5.95 Å². The van der Waals surface area contributed by atoms with Gasteiger partial charge in [-0.3, -0.25) is 0 Å². The Morgan fingerprint density at radius 1 is 1.17 bits per heavy atom. The van der Waals surface area contributed by atoms with Gasteiger partial charge in [-0.05, 0) is 25.1 Å². The van der Waals surface area contributed by atoms with E-state index in [0.717, 1.165) is 60.8 Å². The third-order valence-corrected chi connectivity index (χ3v) is 4.05. The van der Waals surface area contributed by atoms with Gasteiger partial charge in [0.25, 0.3) is 0 Å². The number of imidazole rings is 1. The van der Waals surface area contributed by atoms with Crippen molar-refractivity contribution < 1.29 is 0 Å². The van der Waals surface area contributed by atoms with Gasteiger partial charge >= 0.3 is 0 Å². The molecule has 2 aromatic heterocycles. The molecule has 0 saturated heterocycles. The molecule has 1 aliphatic heterocycles. The first-order valence-electron chi connectivity index (χ1n) is 7.83. The van der Waals surface area contributed by atoms with Crippen LogP contribution in [0.5, 0.6) is 0 Å². The minimum Gasteiger partial charge on any atom is -0.369 e. The maximum Gasteiger partial charge on any atom is 0.222 e. The molecule has 4 rings (SSSR count). The number of nitrogen functional groups attached to an aromatic ring is 1. The van der Waals surface area contributed by atoms with Crippen molar-refractivity contribution >= 4 is 22.8 Å². The van der Waals surface area contributed by atoms with Crippen LogP contribution in [0.2, 0.25) is 0 Å². The Balaban J connectivity index is 1.48. The molecule has 7 nitrogen and oxygen atoms in total. The molecule has 1 aromatic carbocycles. The second-order valence-corrected chi connectivity index (χ2v) is 5.66. The summed E-state index contributed by atoms with van der Waals surface area (Å²) < 4.78 is 0. The Labute approximate surface area is 133 Å². The fraction of sp³-hybridized carbons (Fsp3) is 0.312. The molecule has 118 valence electrons. The van der Waals surface area contributed by atoms with E-state index >= 15 is 0 Å². The second-order valence-electron chi connectivity index (χ2n) is 5.66. The van der Waals surface area contributed by atoms with Gasteiger partial charge in [-0.25, -0.2) is 9.97 Å². The van der Waals surface area contributed by atoms with Gasteiger partial charge in [-0.15, -0.1) is 0 Å². The molecule has 3 aromatic rings. The number of hydrogen-bond acceptors (Lipinski definition) is 6. The normalized spacial score (nSPS) is 13.9. The number of nitrogens with one attached hydrogen (secondary N) is 3. The van der Waals surface area contributed by atoms with Crippen molar-refractivity contribution in [3.63, 3.8) is 0 Å². The summed E-state index contributed by atoms with van der Waals surface area (Å²) >= 11 is 0. The Bertz CT molecular complexity index is 807. The number of H-pyrrole nitrogens is 1. The first-order chi connectivity index (χ1) is 11.3.